The molecule has 0 unspecified atom stereocenters. The molecule has 0 atom stereocenters. The molecule has 3 aliphatic rings. The number of fused-ring (bicyclic) bond motifs is 2. The third kappa shape index (κ3) is 0.465. The van der Waals surface area contributed by atoms with Gasteiger partial charge >= 0.3 is 6.03 Å². The molecule has 0 saturated carbocycles. The minimum atomic E-state index is -0.284. The molecule has 0 spiro atoms. The molecule has 3 rings (SSSR count). The van der Waals surface area contributed by atoms with E-state index in [0.717, 1.165) is 0 Å². The van der Waals surface area contributed by atoms with Crippen molar-refractivity contribution in [2.45, 2.75) is 6.92 Å². The van der Waals surface area contributed by atoms with Crippen LogP contribution in [0.3, 0.4) is 0 Å². The summed E-state index contributed by atoms with van der Waals surface area (Å²) in [4.78, 5) is 23.4. The van der Waals surface area contributed by atoms with E-state index in [1.54, 1.807) is 4.90 Å². The molecule has 10 heavy (non-hydrogen) atoms. The SMILES string of the molecule is CC12CN(C1)C(=O)NC2=O. The van der Waals surface area contributed by atoms with Crippen molar-refractivity contribution in [1.29, 1.82) is 0 Å². The Morgan fingerprint density at radius 2 is 2.10 bits per heavy atom. The molecule has 0 radical (unpaired) electrons. The highest BCUT2D eigenvalue weighted by molar-refractivity contribution is 6.02. The number of hydrogen-bond donors (Lipinski definition) is 1. The molecule has 3 saturated heterocycles. The van der Waals surface area contributed by atoms with E-state index in [1.807, 2.05) is 6.92 Å². The van der Waals surface area contributed by atoms with Gasteiger partial charge in [0.15, 0.2) is 0 Å². The van der Waals surface area contributed by atoms with Crippen LogP contribution in [0.5, 0.6) is 0 Å². The molecule has 0 aliphatic carbocycles. The van der Waals surface area contributed by atoms with Crippen molar-refractivity contribution in [3.8, 4) is 0 Å². The lowest BCUT2D eigenvalue weighted by molar-refractivity contribution is -0.141. The van der Waals surface area contributed by atoms with Gasteiger partial charge in [-0.25, -0.2) is 4.79 Å². The topological polar surface area (TPSA) is 49.4 Å². The van der Waals surface area contributed by atoms with Gasteiger partial charge in [0.2, 0.25) is 5.91 Å². The summed E-state index contributed by atoms with van der Waals surface area (Å²) in [6, 6.07) is -0.242. The molecule has 54 valence electrons. The van der Waals surface area contributed by atoms with Crippen molar-refractivity contribution in [2.24, 2.45) is 5.41 Å². The molecule has 3 amide bonds. The zero-order chi connectivity index (χ0) is 7.35. The summed E-state index contributed by atoms with van der Waals surface area (Å²) in [5, 5.41) is 2.27. The third-order valence-electron chi connectivity index (χ3n) is 2.14. The number of amides is 3. The minimum Gasteiger partial charge on any atom is -0.322 e. The summed E-state index contributed by atoms with van der Waals surface area (Å²) in [5.74, 6) is -0.125. The van der Waals surface area contributed by atoms with Crippen LogP contribution in [0.1, 0.15) is 6.92 Å². The van der Waals surface area contributed by atoms with Crippen molar-refractivity contribution >= 4 is 11.9 Å². The summed E-state index contributed by atoms with van der Waals surface area (Å²) in [6.07, 6.45) is 0. The highest BCUT2D eigenvalue weighted by atomic mass is 16.2. The first kappa shape index (κ1) is 5.70. The van der Waals surface area contributed by atoms with E-state index < -0.39 is 0 Å². The lowest BCUT2D eigenvalue weighted by Gasteiger charge is -2.50. The summed E-state index contributed by atoms with van der Waals surface area (Å²) in [5.41, 5.74) is -0.284. The molecule has 0 aromatic carbocycles. The first-order valence-electron chi connectivity index (χ1n) is 3.22. The molecule has 2 bridgehead atoms. The van der Waals surface area contributed by atoms with Gasteiger partial charge in [0.1, 0.15) is 0 Å². The molecule has 0 aromatic rings. The van der Waals surface area contributed by atoms with Crippen LogP contribution in [-0.4, -0.2) is 29.9 Å². The van der Waals surface area contributed by atoms with E-state index in [0.29, 0.717) is 13.1 Å². The zero-order valence-electron chi connectivity index (χ0n) is 5.68. The number of hydrogen-bond acceptors (Lipinski definition) is 2. The highest BCUT2D eigenvalue weighted by Gasteiger charge is 2.52. The van der Waals surface area contributed by atoms with Crippen LogP contribution in [0.2, 0.25) is 0 Å². The van der Waals surface area contributed by atoms with Gasteiger partial charge in [-0.2, -0.15) is 0 Å². The number of carbonyl (C=O) groups excluding carboxylic acids is 2. The Morgan fingerprint density at radius 1 is 1.50 bits per heavy atom. The molecular formula is C6H8N2O2. The molecule has 3 fully saturated rings. The lowest BCUT2D eigenvalue weighted by Crippen LogP contribution is -2.71. The molecule has 1 N–H and O–H groups in total. The average Bonchev–Trinajstić information content (AvgIpc) is 1.76. The maximum Gasteiger partial charge on any atom is 0.324 e. The highest BCUT2D eigenvalue weighted by Crippen LogP contribution is 2.33. The van der Waals surface area contributed by atoms with Crippen molar-refractivity contribution in [2.75, 3.05) is 13.1 Å². The quantitative estimate of drug-likeness (QED) is 0.495. The van der Waals surface area contributed by atoms with Crippen LogP contribution in [0.15, 0.2) is 0 Å². The van der Waals surface area contributed by atoms with Gasteiger partial charge < -0.3 is 4.90 Å². The number of nitrogens with zero attached hydrogens (tertiary/aromatic N) is 1. The Balaban J connectivity index is 2.27. The van der Waals surface area contributed by atoms with Crippen LogP contribution < -0.4 is 5.32 Å². The van der Waals surface area contributed by atoms with E-state index in [-0.39, 0.29) is 17.4 Å². The van der Waals surface area contributed by atoms with E-state index in [9.17, 15) is 9.59 Å². The fraction of sp³-hybridized carbons (Fsp3) is 0.667. The second-order valence-electron chi connectivity index (χ2n) is 3.18. The number of urea groups is 1. The number of carbonyl (C=O) groups is 2. The van der Waals surface area contributed by atoms with E-state index in [1.165, 1.54) is 0 Å². The van der Waals surface area contributed by atoms with Crippen molar-refractivity contribution < 1.29 is 9.59 Å². The molecule has 0 aromatic heterocycles. The summed E-state index contributed by atoms with van der Waals surface area (Å²) < 4.78 is 0. The third-order valence-corrected chi connectivity index (χ3v) is 2.14. The molecule has 3 heterocycles. The molecule has 4 heteroatoms. The van der Waals surface area contributed by atoms with E-state index in [4.69, 9.17) is 0 Å². The van der Waals surface area contributed by atoms with Gasteiger partial charge in [-0.05, 0) is 6.92 Å². The Morgan fingerprint density at radius 3 is 2.50 bits per heavy atom. The fourth-order valence-electron chi connectivity index (χ4n) is 1.41. The average molecular weight is 140 g/mol. The number of nitrogens with one attached hydrogen (secondary N) is 1. The normalized spacial score (nSPS) is 27.5. The first-order chi connectivity index (χ1) is 4.62. The number of rotatable bonds is 0. The Labute approximate surface area is 58.2 Å². The maximum absolute atomic E-state index is 11.0. The monoisotopic (exact) mass is 140 g/mol. The standard InChI is InChI=1S/C6H8N2O2/c1-6-2-8(3-6)5(10)7-4(6)9/h2-3H2,1H3,(H,7,9,10). The van der Waals surface area contributed by atoms with Crippen molar-refractivity contribution in [3.63, 3.8) is 0 Å². The van der Waals surface area contributed by atoms with E-state index in [2.05, 4.69) is 5.32 Å². The predicted molar refractivity (Wildman–Crippen MR) is 33.2 cm³/mol. The van der Waals surface area contributed by atoms with Gasteiger partial charge in [-0.15, -0.1) is 0 Å². The second-order valence-corrected chi connectivity index (χ2v) is 3.18. The largest absolute Gasteiger partial charge is 0.324 e. The summed E-state index contributed by atoms with van der Waals surface area (Å²) in [7, 11) is 0. The summed E-state index contributed by atoms with van der Waals surface area (Å²) in [6.45, 7) is 3.06. The number of imide groups is 1. The van der Waals surface area contributed by atoms with Crippen LogP contribution in [0.25, 0.3) is 0 Å². The van der Waals surface area contributed by atoms with Crippen molar-refractivity contribution in [3.05, 3.63) is 0 Å². The minimum absolute atomic E-state index is 0.125. The fourth-order valence-corrected chi connectivity index (χ4v) is 1.41. The van der Waals surface area contributed by atoms with Crippen molar-refractivity contribution in [1.82, 2.24) is 10.2 Å². The molecule has 4 nitrogen and oxygen atoms in total. The van der Waals surface area contributed by atoms with Gasteiger partial charge in [-0.1, -0.05) is 0 Å². The molecular weight excluding hydrogens is 132 g/mol. The van der Waals surface area contributed by atoms with E-state index >= 15 is 0 Å². The van der Waals surface area contributed by atoms with Crippen LogP contribution >= 0.6 is 0 Å². The predicted octanol–water partition coefficient (Wildman–Crippen LogP) is -0.442. The Hall–Kier alpha value is -1.06. The van der Waals surface area contributed by atoms with Gasteiger partial charge in [-0.3, -0.25) is 10.1 Å². The Kier molecular flexibility index (Phi) is 0.760. The molecule has 3 aliphatic heterocycles. The zero-order valence-corrected chi connectivity index (χ0v) is 5.68. The smallest absolute Gasteiger partial charge is 0.322 e. The van der Waals surface area contributed by atoms with Gasteiger partial charge in [0, 0.05) is 13.1 Å². The first-order valence-corrected chi connectivity index (χ1v) is 3.22. The summed E-state index contributed by atoms with van der Waals surface area (Å²) >= 11 is 0. The Bertz CT molecular complexity index is 218. The van der Waals surface area contributed by atoms with Crippen LogP contribution in [0.4, 0.5) is 4.79 Å². The lowest BCUT2D eigenvalue weighted by atomic mass is 9.79. The van der Waals surface area contributed by atoms with Crippen LogP contribution in [0, 0.1) is 5.41 Å². The van der Waals surface area contributed by atoms with Gasteiger partial charge in [0.05, 0.1) is 5.41 Å². The second kappa shape index (κ2) is 1.33. The maximum atomic E-state index is 11.0. The van der Waals surface area contributed by atoms with Gasteiger partial charge in [0.25, 0.3) is 0 Å². The van der Waals surface area contributed by atoms with Crippen LogP contribution in [-0.2, 0) is 4.79 Å².